The quantitative estimate of drug-likeness (QED) is 0.353. The summed E-state index contributed by atoms with van der Waals surface area (Å²) in [6, 6.07) is 15.3. The number of aromatic nitrogens is 1. The topological polar surface area (TPSA) is 63.6 Å². The van der Waals surface area contributed by atoms with E-state index in [1.807, 2.05) is 19.9 Å². The molecular weight excluding hydrogens is 434 g/mol. The molecule has 7 heteroatoms. The zero-order valence-electron chi connectivity index (χ0n) is 19.2. The number of hydrogen-bond donors (Lipinski definition) is 1. The minimum atomic E-state index is -0.521. The number of nitrogens with zero attached hydrogens (tertiary/aromatic N) is 2. The van der Waals surface area contributed by atoms with Crippen LogP contribution in [0.5, 0.6) is 5.75 Å². The third-order valence-electron chi connectivity index (χ3n) is 5.80. The summed E-state index contributed by atoms with van der Waals surface area (Å²) in [4.78, 5) is 27.5. The number of benzene rings is 2. The molecule has 1 aliphatic rings. The van der Waals surface area contributed by atoms with Gasteiger partial charge in [-0.15, -0.1) is 0 Å². The van der Waals surface area contributed by atoms with Crippen molar-refractivity contribution >= 4 is 40.9 Å². The summed E-state index contributed by atoms with van der Waals surface area (Å²) in [5.41, 5.74) is 6.59. The van der Waals surface area contributed by atoms with Crippen LogP contribution in [0.3, 0.4) is 0 Å². The second kappa shape index (κ2) is 8.67. The van der Waals surface area contributed by atoms with E-state index >= 15 is 0 Å². The molecule has 0 spiro atoms. The summed E-state index contributed by atoms with van der Waals surface area (Å²) < 4.78 is 7.54. The highest BCUT2D eigenvalue weighted by atomic mass is 32.1. The molecule has 4 rings (SSSR count). The maximum Gasteiger partial charge on any atom is 0.270 e. The first-order valence-electron chi connectivity index (χ1n) is 10.5. The molecule has 1 N–H and O–H groups in total. The SMILES string of the molecule is COc1ccccc1N1C(=O)/C(=C/c2cc(C)n(-c3cc(C)ccc3C)c2C)C(=O)NC1=S. The summed E-state index contributed by atoms with van der Waals surface area (Å²) in [5.74, 6) is -0.533. The average Bonchev–Trinajstić information content (AvgIpc) is 3.05. The van der Waals surface area contributed by atoms with Crippen LogP contribution in [0.1, 0.15) is 28.1 Å². The maximum atomic E-state index is 13.4. The number of aryl methyl sites for hydroxylation is 3. The summed E-state index contributed by atoms with van der Waals surface area (Å²) >= 11 is 5.32. The van der Waals surface area contributed by atoms with Crippen LogP contribution in [-0.2, 0) is 9.59 Å². The van der Waals surface area contributed by atoms with Gasteiger partial charge in [0.25, 0.3) is 11.8 Å². The van der Waals surface area contributed by atoms with Crippen LogP contribution in [0.25, 0.3) is 11.8 Å². The van der Waals surface area contributed by atoms with E-state index in [-0.39, 0.29) is 10.7 Å². The molecule has 2 aromatic carbocycles. The Balaban J connectivity index is 1.80. The lowest BCUT2D eigenvalue weighted by atomic mass is 10.1. The van der Waals surface area contributed by atoms with Crippen molar-refractivity contribution in [2.45, 2.75) is 27.7 Å². The van der Waals surface area contributed by atoms with Crippen LogP contribution in [0, 0.1) is 27.7 Å². The lowest BCUT2D eigenvalue weighted by Gasteiger charge is -2.29. The Morgan fingerprint density at radius 3 is 2.42 bits per heavy atom. The summed E-state index contributed by atoms with van der Waals surface area (Å²) in [5, 5.41) is 2.66. The van der Waals surface area contributed by atoms with Crippen molar-refractivity contribution in [3.05, 3.63) is 82.2 Å². The average molecular weight is 460 g/mol. The third-order valence-corrected chi connectivity index (χ3v) is 6.09. The molecule has 0 saturated carbocycles. The van der Waals surface area contributed by atoms with Crippen LogP contribution in [0.4, 0.5) is 5.69 Å². The second-order valence-corrected chi connectivity index (χ2v) is 8.47. The standard InChI is InChI=1S/C26H25N3O3S/c1-15-10-11-16(2)22(12-15)28-17(3)13-19(18(28)4)14-20-24(30)27-26(33)29(25(20)31)21-8-6-7-9-23(21)32-5/h6-14H,1-5H3,(H,27,30,33)/b20-14+. The van der Waals surface area contributed by atoms with Crippen molar-refractivity contribution in [3.63, 3.8) is 0 Å². The van der Waals surface area contributed by atoms with Crippen LogP contribution in [0.2, 0.25) is 0 Å². The van der Waals surface area contributed by atoms with E-state index in [4.69, 9.17) is 17.0 Å². The van der Waals surface area contributed by atoms with Gasteiger partial charge in [0.1, 0.15) is 11.3 Å². The fourth-order valence-electron chi connectivity index (χ4n) is 4.11. The number of ether oxygens (including phenoxy) is 1. The highest BCUT2D eigenvalue weighted by molar-refractivity contribution is 7.80. The first-order chi connectivity index (χ1) is 15.7. The molecule has 6 nitrogen and oxygen atoms in total. The van der Waals surface area contributed by atoms with Crippen molar-refractivity contribution in [1.82, 2.24) is 9.88 Å². The molecule has 0 bridgehead atoms. The number of amides is 2. The normalized spacial score (nSPS) is 15.2. The first kappa shape index (κ1) is 22.5. The number of thiocarbonyl (C=S) groups is 1. The van der Waals surface area contributed by atoms with Gasteiger partial charge in [-0.05, 0) is 86.9 Å². The van der Waals surface area contributed by atoms with Gasteiger partial charge >= 0.3 is 0 Å². The van der Waals surface area contributed by atoms with Gasteiger partial charge in [-0.3, -0.25) is 14.9 Å². The van der Waals surface area contributed by atoms with Gasteiger partial charge in [0.2, 0.25) is 0 Å². The number of nitrogens with one attached hydrogen (secondary N) is 1. The second-order valence-electron chi connectivity index (χ2n) is 8.08. The molecular formula is C26H25N3O3S. The van der Waals surface area contributed by atoms with Gasteiger partial charge in [0.05, 0.1) is 12.8 Å². The molecule has 1 aromatic heterocycles. The monoisotopic (exact) mass is 459 g/mol. The van der Waals surface area contributed by atoms with Crippen LogP contribution in [-0.4, -0.2) is 28.6 Å². The van der Waals surface area contributed by atoms with E-state index in [1.54, 1.807) is 30.3 Å². The molecule has 33 heavy (non-hydrogen) atoms. The lowest BCUT2D eigenvalue weighted by Crippen LogP contribution is -2.54. The lowest BCUT2D eigenvalue weighted by molar-refractivity contribution is -0.122. The zero-order chi connectivity index (χ0) is 23.9. The predicted molar refractivity (Wildman–Crippen MR) is 134 cm³/mol. The Labute approximate surface area is 198 Å². The summed E-state index contributed by atoms with van der Waals surface area (Å²) in [6.45, 7) is 8.11. The fourth-order valence-corrected chi connectivity index (χ4v) is 4.38. The highest BCUT2D eigenvalue weighted by Gasteiger charge is 2.36. The largest absolute Gasteiger partial charge is 0.495 e. The molecule has 0 aliphatic carbocycles. The maximum absolute atomic E-state index is 13.4. The van der Waals surface area contributed by atoms with E-state index in [0.29, 0.717) is 11.4 Å². The zero-order valence-corrected chi connectivity index (χ0v) is 20.0. The molecule has 2 amide bonds. The fraction of sp³-hybridized carbons (Fsp3) is 0.192. The summed E-state index contributed by atoms with van der Waals surface area (Å²) in [6.07, 6.45) is 1.63. The van der Waals surface area contributed by atoms with E-state index in [0.717, 1.165) is 33.8 Å². The van der Waals surface area contributed by atoms with Crippen molar-refractivity contribution in [3.8, 4) is 11.4 Å². The van der Waals surface area contributed by atoms with Crippen molar-refractivity contribution < 1.29 is 14.3 Å². The highest BCUT2D eigenvalue weighted by Crippen LogP contribution is 2.32. The number of rotatable bonds is 4. The van der Waals surface area contributed by atoms with E-state index in [9.17, 15) is 9.59 Å². The van der Waals surface area contributed by atoms with Gasteiger partial charge < -0.3 is 9.30 Å². The number of anilines is 1. The number of para-hydroxylation sites is 2. The van der Waals surface area contributed by atoms with Gasteiger partial charge in [0, 0.05) is 17.1 Å². The number of methoxy groups -OCH3 is 1. The van der Waals surface area contributed by atoms with Crippen molar-refractivity contribution in [2.75, 3.05) is 12.0 Å². The Morgan fingerprint density at radius 2 is 1.70 bits per heavy atom. The molecule has 0 unspecified atom stereocenters. The first-order valence-corrected chi connectivity index (χ1v) is 10.9. The smallest absolute Gasteiger partial charge is 0.270 e. The van der Waals surface area contributed by atoms with Gasteiger partial charge in [-0.1, -0.05) is 24.3 Å². The number of carbonyl (C=O) groups is 2. The Bertz CT molecular complexity index is 1340. The molecule has 1 aliphatic heterocycles. The molecule has 1 fully saturated rings. The molecule has 0 radical (unpaired) electrons. The predicted octanol–water partition coefficient (Wildman–Crippen LogP) is 4.55. The Morgan fingerprint density at radius 1 is 0.970 bits per heavy atom. The number of carbonyl (C=O) groups excluding carboxylic acids is 2. The third kappa shape index (κ3) is 3.96. The molecule has 3 aromatic rings. The minimum Gasteiger partial charge on any atom is -0.495 e. The molecule has 1 saturated heterocycles. The van der Waals surface area contributed by atoms with Gasteiger partial charge in [-0.25, -0.2) is 4.90 Å². The summed E-state index contributed by atoms with van der Waals surface area (Å²) in [7, 11) is 1.52. The van der Waals surface area contributed by atoms with E-state index < -0.39 is 11.8 Å². The molecule has 2 heterocycles. The molecule has 168 valence electrons. The van der Waals surface area contributed by atoms with E-state index in [1.165, 1.54) is 12.0 Å². The van der Waals surface area contributed by atoms with Crippen LogP contribution >= 0.6 is 12.2 Å². The van der Waals surface area contributed by atoms with Crippen LogP contribution < -0.4 is 15.0 Å². The van der Waals surface area contributed by atoms with E-state index in [2.05, 4.69) is 41.9 Å². The Hall–Kier alpha value is -3.71. The minimum absolute atomic E-state index is 0.00993. The van der Waals surface area contributed by atoms with Crippen LogP contribution in [0.15, 0.2) is 54.1 Å². The van der Waals surface area contributed by atoms with Gasteiger partial charge in [0.15, 0.2) is 5.11 Å². The van der Waals surface area contributed by atoms with Gasteiger partial charge in [-0.2, -0.15) is 0 Å². The number of hydrogen-bond acceptors (Lipinski definition) is 4. The molecule has 0 atom stereocenters. The van der Waals surface area contributed by atoms with Crippen molar-refractivity contribution in [2.24, 2.45) is 0 Å². The van der Waals surface area contributed by atoms with Crippen molar-refractivity contribution in [1.29, 1.82) is 0 Å². The Kier molecular flexibility index (Phi) is 5.91.